The standard InChI is InChI=1S/C15H18N2O2.ClH/c18-15(17-14-11-7-16-8-12(11)14)10-5-6-19-13-4-2-1-3-9(10)13;/h1-4,10-12,14,16H,5-8H2,(H,17,18);1H. The Morgan fingerprint density at radius 3 is 2.80 bits per heavy atom. The van der Waals surface area contributed by atoms with E-state index in [1.165, 1.54) is 0 Å². The molecule has 0 aromatic heterocycles. The van der Waals surface area contributed by atoms with Gasteiger partial charge >= 0.3 is 0 Å². The molecular weight excluding hydrogens is 276 g/mol. The number of hydrogen-bond acceptors (Lipinski definition) is 3. The fourth-order valence-electron chi connectivity index (χ4n) is 3.51. The number of halogens is 1. The van der Waals surface area contributed by atoms with Crippen molar-refractivity contribution in [2.75, 3.05) is 19.7 Å². The molecule has 3 unspecified atom stereocenters. The Bertz CT molecular complexity index is 512. The smallest absolute Gasteiger partial charge is 0.228 e. The molecule has 2 aliphatic heterocycles. The van der Waals surface area contributed by atoms with E-state index in [1.54, 1.807) is 0 Å². The summed E-state index contributed by atoms with van der Waals surface area (Å²) < 4.78 is 5.61. The average molecular weight is 295 g/mol. The van der Waals surface area contributed by atoms with Crippen molar-refractivity contribution in [3.63, 3.8) is 0 Å². The number of hydrogen-bond donors (Lipinski definition) is 2. The second-order valence-electron chi connectivity index (χ2n) is 5.75. The first-order chi connectivity index (χ1) is 9.34. The summed E-state index contributed by atoms with van der Waals surface area (Å²) in [6.45, 7) is 2.74. The van der Waals surface area contributed by atoms with Gasteiger partial charge in [0, 0.05) is 24.7 Å². The van der Waals surface area contributed by atoms with Crippen LogP contribution in [-0.2, 0) is 4.79 Å². The quantitative estimate of drug-likeness (QED) is 0.865. The van der Waals surface area contributed by atoms with Crippen molar-refractivity contribution >= 4 is 18.3 Å². The van der Waals surface area contributed by atoms with Crippen molar-refractivity contribution in [3.05, 3.63) is 29.8 Å². The van der Waals surface area contributed by atoms with Crippen molar-refractivity contribution in [2.24, 2.45) is 11.8 Å². The number of nitrogens with one attached hydrogen (secondary N) is 2. The van der Waals surface area contributed by atoms with Gasteiger partial charge in [-0.3, -0.25) is 4.79 Å². The summed E-state index contributed by atoms with van der Waals surface area (Å²) in [5, 5.41) is 6.58. The van der Waals surface area contributed by atoms with E-state index in [4.69, 9.17) is 4.74 Å². The molecule has 2 heterocycles. The second kappa shape index (κ2) is 5.26. The molecule has 1 aliphatic carbocycles. The number of amides is 1. The molecular formula is C15H19ClN2O2. The summed E-state index contributed by atoms with van der Waals surface area (Å²) in [6.07, 6.45) is 0.781. The zero-order valence-corrected chi connectivity index (χ0v) is 12.0. The molecule has 4 rings (SSSR count). The number of para-hydroxylation sites is 1. The fourth-order valence-corrected chi connectivity index (χ4v) is 3.51. The van der Waals surface area contributed by atoms with Gasteiger partial charge in [-0.25, -0.2) is 0 Å². The number of fused-ring (bicyclic) bond motifs is 2. The number of ether oxygens (including phenoxy) is 1. The van der Waals surface area contributed by atoms with E-state index in [-0.39, 0.29) is 24.2 Å². The van der Waals surface area contributed by atoms with Gasteiger partial charge in [-0.05, 0) is 24.3 Å². The van der Waals surface area contributed by atoms with E-state index in [9.17, 15) is 4.79 Å². The predicted octanol–water partition coefficient (Wildman–Crippen LogP) is 1.31. The summed E-state index contributed by atoms with van der Waals surface area (Å²) in [7, 11) is 0. The summed E-state index contributed by atoms with van der Waals surface area (Å²) in [5.41, 5.74) is 1.04. The molecule has 1 amide bonds. The summed E-state index contributed by atoms with van der Waals surface area (Å²) in [4.78, 5) is 12.5. The number of carbonyl (C=O) groups excluding carboxylic acids is 1. The maximum absolute atomic E-state index is 12.5. The van der Waals surface area contributed by atoms with Gasteiger partial charge in [0.05, 0.1) is 12.5 Å². The first-order valence-corrected chi connectivity index (χ1v) is 7.07. The van der Waals surface area contributed by atoms with Gasteiger partial charge in [-0.2, -0.15) is 0 Å². The maximum atomic E-state index is 12.5. The van der Waals surface area contributed by atoms with Crippen molar-refractivity contribution in [1.82, 2.24) is 10.6 Å². The molecule has 5 heteroatoms. The molecule has 0 radical (unpaired) electrons. The molecule has 3 atom stereocenters. The van der Waals surface area contributed by atoms with E-state index in [0.717, 1.165) is 30.8 Å². The SMILES string of the molecule is Cl.O=C(NC1C2CNCC21)C1CCOc2ccccc21. The van der Waals surface area contributed by atoms with Crippen LogP contribution in [0.3, 0.4) is 0 Å². The van der Waals surface area contributed by atoms with Crippen LogP contribution < -0.4 is 15.4 Å². The Morgan fingerprint density at radius 1 is 1.25 bits per heavy atom. The first-order valence-electron chi connectivity index (χ1n) is 7.07. The molecule has 1 aromatic rings. The lowest BCUT2D eigenvalue weighted by Crippen LogP contribution is -2.37. The van der Waals surface area contributed by atoms with Crippen LogP contribution in [0.2, 0.25) is 0 Å². The van der Waals surface area contributed by atoms with E-state index in [0.29, 0.717) is 24.5 Å². The number of carbonyl (C=O) groups is 1. The zero-order valence-electron chi connectivity index (χ0n) is 11.2. The van der Waals surface area contributed by atoms with Crippen LogP contribution in [0.25, 0.3) is 0 Å². The summed E-state index contributed by atoms with van der Waals surface area (Å²) >= 11 is 0. The molecule has 1 saturated heterocycles. The van der Waals surface area contributed by atoms with Gasteiger partial charge in [0.15, 0.2) is 0 Å². The third kappa shape index (κ3) is 2.17. The third-order valence-electron chi connectivity index (χ3n) is 4.68. The van der Waals surface area contributed by atoms with Crippen molar-refractivity contribution in [2.45, 2.75) is 18.4 Å². The molecule has 0 bridgehead atoms. The monoisotopic (exact) mass is 294 g/mol. The van der Waals surface area contributed by atoms with Gasteiger partial charge in [-0.15, -0.1) is 12.4 Å². The number of benzene rings is 1. The number of rotatable bonds is 2. The first kappa shape index (κ1) is 13.7. The second-order valence-corrected chi connectivity index (χ2v) is 5.75. The normalized spacial score (nSPS) is 33.2. The largest absolute Gasteiger partial charge is 0.493 e. The summed E-state index contributed by atoms with van der Waals surface area (Å²) in [6, 6.07) is 8.29. The van der Waals surface area contributed by atoms with Gasteiger partial charge in [-0.1, -0.05) is 18.2 Å². The van der Waals surface area contributed by atoms with Crippen LogP contribution in [0.15, 0.2) is 24.3 Å². The Hall–Kier alpha value is -1.26. The Labute approximate surface area is 124 Å². The molecule has 4 nitrogen and oxygen atoms in total. The van der Waals surface area contributed by atoms with Crippen LogP contribution in [0.4, 0.5) is 0 Å². The minimum atomic E-state index is -0.0424. The highest BCUT2D eigenvalue weighted by Gasteiger charge is 2.54. The number of piperidine rings is 1. The van der Waals surface area contributed by atoms with Crippen molar-refractivity contribution in [3.8, 4) is 5.75 Å². The minimum absolute atomic E-state index is 0. The third-order valence-corrected chi connectivity index (χ3v) is 4.68. The zero-order chi connectivity index (χ0) is 12.8. The molecule has 2 N–H and O–H groups in total. The van der Waals surface area contributed by atoms with Crippen LogP contribution in [0.1, 0.15) is 17.9 Å². The lowest BCUT2D eigenvalue weighted by Gasteiger charge is -2.25. The Balaban J connectivity index is 0.00000121. The lowest BCUT2D eigenvalue weighted by atomic mass is 9.92. The van der Waals surface area contributed by atoms with Crippen LogP contribution >= 0.6 is 12.4 Å². The van der Waals surface area contributed by atoms with Crippen molar-refractivity contribution in [1.29, 1.82) is 0 Å². The van der Waals surface area contributed by atoms with E-state index >= 15 is 0 Å². The molecule has 0 spiro atoms. The Kier molecular flexibility index (Phi) is 3.61. The Morgan fingerprint density at radius 2 is 2.00 bits per heavy atom. The van der Waals surface area contributed by atoms with Crippen LogP contribution in [0.5, 0.6) is 5.75 Å². The van der Waals surface area contributed by atoms with Gasteiger partial charge in [0.2, 0.25) is 5.91 Å². The average Bonchev–Trinajstić information content (AvgIpc) is 2.88. The van der Waals surface area contributed by atoms with Gasteiger partial charge < -0.3 is 15.4 Å². The lowest BCUT2D eigenvalue weighted by molar-refractivity contribution is -0.123. The molecule has 1 saturated carbocycles. The van der Waals surface area contributed by atoms with E-state index < -0.39 is 0 Å². The predicted molar refractivity (Wildman–Crippen MR) is 78.3 cm³/mol. The highest BCUT2D eigenvalue weighted by Crippen LogP contribution is 2.42. The highest BCUT2D eigenvalue weighted by atomic mass is 35.5. The fraction of sp³-hybridized carbons (Fsp3) is 0.533. The molecule has 20 heavy (non-hydrogen) atoms. The van der Waals surface area contributed by atoms with Crippen LogP contribution in [0, 0.1) is 11.8 Å². The minimum Gasteiger partial charge on any atom is -0.493 e. The molecule has 3 aliphatic rings. The van der Waals surface area contributed by atoms with E-state index in [2.05, 4.69) is 10.6 Å². The van der Waals surface area contributed by atoms with Crippen molar-refractivity contribution < 1.29 is 9.53 Å². The topological polar surface area (TPSA) is 50.4 Å². The summed E-state index contributed by atoms with van der Waals surface area (Å²) in [5.74, 6) is 2.33. The van der Waals surface area contributed by atoms with Crippen LogP contribution in [-0.4, -0.2) is 31.6 Å². The molecule has 2 fully saturated rings. The molecule has 108 valence electrons. The highest BCUT2D eigenvalue weighted by molar-refractivity contribution is 5.85. The molecule has 1 aromatic carbocycles. The maximum Gasteiger partial charge on any atom is 0.228 e. The van der Waals surface area contributed by atoms with Gasteiger partial charge in [0.25, 0.3) is 0 Å². The van der Waals surface area contributed by atoms with E-state index in [1.807, 2.05) is 24.3 Å². The van der Waals surface area contributed by atoms with Gasteiger partial charge in [0.1, 0.15) is 5.75 Å².